The summed E-state index contributed by atoms with van der Waals surface area (Å²) in [6, 6.07) is 6.48. The van der Waals surface area contributed by atoms with Crippen molar-refractivity contribution in [1.29, 1.82) is 0 Å². The van der Waals surface area contributed by atoms with Crippen molar-refractivity contribution in [3.8, 4) is 0 Å². The number of methoxy groups -OCH3 is 1. The number of ether oxygens (including phenoxy) is 1. The molecule has 2 N–H and O–H groups in total. The van der Waals surface area contributed by atoms with Crippen molar-refractivity contribution in [2.75, 3.05) is 13.7 Å². The molecule has 1 aromatic carbocycles. The fourth-order valence-corrected chi connectivity index (χ4v) is 2.26. The number of hydrogen-bond donors (Lipinski definition) is 2. The highest BCUT2D eigenvalue weighted by Crippen LogP contribution is 2.27. The van der Waals surface area contributed by atoms with E-state index in [4.69, 9.17) is 9.52 Å². The number of fused-ring (bicyclic) bond motifs is 1. The zero-order chi connectivity index (χ0) is 16.8. The fraction of sp³-hybridized carbons (Fsp3) is 0.294. The van der Waals surface area contributed by atoms with Gasteiger partial charge in [-0.3, -0.25) is 4.79 Å². The van der Waals surface area contributed by atoms with Crippen LogP contribution in [0.1, 0.15) is 18.2 Å². The summed E-state index contributed by atoms with van der Waals surface area (Å²) >= 11 is 0. The molecule has 0 radical (unpaired) electrons. The van der Waals surface area contributed by atoms with Gasteiger partial charge in [0.15, 0.2) is 6.04 Å². The van der Waals surface area contributed by atoms with Gasteiger partial charge in [0.05, 0.1) is 13.7 Å². The van der Waals surface area contributed by atoms with E-state index in [0.29, 0.717) is 6.42 Å². The predicted molar refractivity (Wildman–Crippen MR) is 85.7 cm³/mol. The summed E-state index contributed by atoms with van der Waals surface area (Å²) in [5.41, 5.74) is 1.59. The van der Waals surface area contributed by atoms with E-state index in [1.54, 1.807) is 6.08 Å². The molecule has 0 saturated heterocycles. The van der Waals surface area contributed by atoms with E-state index in [1.807, 2.05) is 31.2 Å². The van der Waals surface area contributed by atoms with Gasteiger partial charge >= 0.3 is 5.97 Å². The molecule has 23 heavy (non-hydrogen) atoms. The quantitative estimate of drug-likeness (QED) is 0.625. The number of aliphatic hydroxyl groups excluding tert-OH is 1. The Morgan fingerprint density at radius 2 is 2.13 bits per heavy atom. The lowest BCUT2D eigenvalue weighted by molar-refractivity contribution is -0.145. The first-order valence-corrected chi connectivity index (χ1v) is 7.28. The summed E-state index contributed by atoms with van der Waals surface area (Å²) in [4.78, 5) is 23.3. The second-order valence-electron chi connectivity index (χ2n) is 4.89. The van der Waals surface area contributed by atoms with Gasteiger partial charge in [-0.1, -0.05) is 25.1 Å². The Kier molecular flexibility index (Phi) is 5.54. The second kappa shape index (κ2) is 7.60. The number of nitrogens with one attached hydrogen (secondary N) is 1. The fourth-order valence-electron chi connectivity index (χ4n) is 2.26. The molecular formula is C17H19NO5. The van der Waals surface area contributed by atoms with Crippen LogP contribution in [-0.2, 0) is 20.7 Å². The van der Waals surface area contributed by atoms with Crippen LogP contribution in [0.15, 0.2) is 34.8 Å². The molecule has 0 spiro atoms. The Bertz CT molecular complexity index is 732. The first-order valence-electron chi connectivity index (χ1n) is 7.28. The van der Waals surface area contributed by atoms with Crippen LogP contribution in [-0.4, -0.2) is 36.7 Å². The third kappa shape index (κ3) is 3.78. The van der Waals surface area contributed by atoms with Crippen LogP contribution in [0.4, 0.5) is 0 Å². The van der Waals surface area contributed by atoms with Crippen LogP contribution in [0.5, 0.6) is 0 Å². The van der Waals surface area contributed by atoms with Crippen molar-refractivity contribution in [2.24, 2.45) is 0 Å². The number of carbonyl (C=O) groups is 2. The maximum atomic E-state index is 11.9. The van der Waals surface area contributed by atoms with E-state index < -0.39 is 24.5 Å². The van der Waals surface area contributed by atoms with Crippen molar-refractivity contribution in [2.45, 2.75) is 19.4 Å². The van der Waals surface area contributed by atoms with Gasteiger partial charge < -0.3 is 19.6 Å². The van der Waals surface area contributed by atoms with Crippen molar-refractivity contribution < 1.29 is 23.8 Å². The van der Waals surface area contributed by atoms with E-state index >= 15 is 0 Å². The first kappa shape index (κ1) is 16.8. The first-order chi connectivity index (χ1) is 11.1. The summed E-state index contributed by atoms with van der Waals surface area (Å²) in [6.07, 6.45) is 3.64. The molecule has 1 aromatic heterocycles. The maximum absolute atomic E-state index is 11.9. The number of benzene rings is 1. The summed E-state index contributed by atoms with van der Waals surface area (Å²) < 4.78 is 10.2. The van der Waals surface area contributed by atoms with E-state index in [2.05, 4.69) is 10.1 Å². The Labute approximate surface area is 133 Å². The molecule has 2 aromatic rings. The number of esters is 1. The van der Waals surface area contributed by atoms with Crippen molar-refractivity contribution >= 4 is 28.9 Å². The number of carbonyl (C=O) groups excluding carboxylic acids is 2. The maximum Gasteiger partial charge on any atom is 0.330 e. The van der Waals surface area contributed by atoms with E-state index in [9.17, 15) is 9.59 Å². The van der Waals surface area contributed by atoms with Gasteiger partial charge in [0.1, 0.15) is 11.3 Å². The Hall–Kier alpha value is -2.60. The summed E-state index contributed by atoms with van der Waals surface area (Å²) in [7, 11) is 1.19. The minimum Gasteiger partial charge on any atom is -0.467 e. The molecule has 0 aliphatic heterocycles. The van der Waals surface area contributed by atoms with Gasteiger partial charge in [-0.25, -0.2) is 4.79 Å². The van der Waals surface area contributed by atoms with Crippen LogP contribution >= 0.6 is 0 Å². The largest absolute Gasteiger partial charge is 0.467 e. The number of furan rings is 1. The molecule has 1 amide bonds. The Balaban J connectivity index is 2.19. The molecule has 1 atom stereocenters. The molecule has 6 nitrogen and oxygen atoms in total. The number of rotatable bonds is 6. The van der Waals surface area contributed by atoms with Gasteiger partial charge in [-0.05, 0) is 12.1 Å². The minimum absolute atomic E-state index is 0.498. The van der Waals surface area contributed by atoms with E-state index in [0.717, 1.165) is 22.3 Å². The zero-order valence-electron chi connectivity index (χ0n) is 13.0. The van der Waals surface area contributed by atoms with Crippen molar-refractivity contribution in [1.82, 2.24) is 5.32 Å². The third-order valence-electron chi connectivity index (χ3n) is 3.42. The lowest BCUT2D eigenvalue weighted by Gasteiger charge is -2.11. The third-order valence-corrected chi connectivity index (χ3v) is 3.42. The molecule has 2 rings (SSSR count). The lowest BCUT2D eigenvalue weighted by atomic mass is 10.1. The molecule has 1 heterocycles. The molecular weight excluding hydrogens is 298 g/mol. The average molecular weight is 317 g/mol. The van der Waals surface area contributed by atoms with Crippen molar-refractivity contribution in [3.63, 3.8) is 0 Å². The van der Waals surface area contributed by atoms with Crippen molar-refractivity contribution in [3.05, 3.63) is 41.7 Å². The minimum atomic E-state index is -1.08. The number of para-hydroxylation sites is 1. The SMILES string of the molecule is CCc1oc2ccccc2c1/C=C/C(=O)N[C@H](CO)C(=O)OC. The van der Waals surface area contributed by atoms with Gasteiger partial charge in [0, 0.05) is 23.4 Å². The van der Waals surface area contributed by atoms with E-state index in [1.165, 1.54) is 13.2 Å². The number of aryl methyl sites for hydroxylation is 1. The van der Waals surface area contributed by atoms with E-state index in [-0.39, 0.29) is 0 Å². The molecule has 0 aliphatic carbocycles. The van der Waals surface area contributed by atoms with Crippen LogP contribution in [0.25, 0.3) is 17.0 Å². The normalized spacial score (nSPS) is 12.5. The highest BCUT2D eigenvalue weighted by Gasteiger charge is 2.19. The monoisotopic (exact) mass is 317 g/mol. The standard InChI is InChI=1S/C17H19NO5/c1-3-14-12(11-6-4-5-7-15(11)23-14)8-9-16(20)18-13(10-19)17(21)22-2/h4-9,13,19H,3,10H2,1-2H3,(H,18,20)/b9-8+/t13-/m1/s1. The molecule has 122 valence electrons. The Morgan fingerprint density at radius 1 is 1.39 bits per heavy atom. The number of aliphatic hydroxyl groups is 1. The number of amides is 1. The van der Waals surface area contributed by atoms with Crippen LogP contribution in [0.2, 0.25) is 0 Å². The van der Waals surface area contributed by atoms with Gasteiger partial charge in [0.25, 0.3) is 0 Å². The molecule has 0 fully saturated rings. The zero-order valence-corrected chi connectivity index (χ0v) is 13.0. The lowest BCUT2D eigenvalue weighted by Crippen LogP contribution is -2.43. The van der Waals surface area contributed by atoms with Crippen LogP contribution in [0, 0.1) is 0 Å². The van der Waals surface area contributed by atoms with Gasteiger partial charge in [0.2, 0.25) is 5.91 Å². The summed E-state index contributed by atoms with van der Waals surface area (Å²) in [5, 5.41) is 12.4. The highest BCUT2D eigenvalue weighted by molar-refractivity contribution is 5.97. The smallest absolute Gasteiger partial charge is 0.330 e. The molecule has 0 saturated carbocycles. The summed E-state index contributed by atoms with van der Waals surface area (Å²) in [6.45, 7) is 1.44. The van der Waals surface area contributed by atoms with Crippen LogP contribution < -0.4 is 5.32 Å². The Morgan fingerprint density at radius 3 is 2.78 bits per heavy atom. The molecule has 0 unspecified atom stereocenters. The topological polar surface area (TPSA) is 88.8 Å². The summed E-state index contributed by atoms with van der Waals surface area (Å²) in [5.74, 6) is -0.416. The van der Waals surface area contributed by atoms with Crippen LogP contribution in [0.3, 0.4) is 0 Å². The predicted octanol–water partition coefficient (Wildman–Crippen LogP) is 1.66. The molecule has 0 bridgehead atoms. The second-order valence-corrected chi connectivity index (χ2v) is 4.89. The molecule has 6 heteroatoms. The average Bonchev–Trinajstić information content (AvgIpc) is 2.94. The van der Waals surface area contributed by atoms with Gasteiger partial charge in [-0.15, -0.1) is 0 Å². The molecule has 0 aliphatic rings. The number of hydrogen-bond acceptors (Lipinski definition) is 5. The van der Waals surface area contributed by atoms with Gasteiger partial charge in [-0.2, -0.15) is 0 Å². The highest BCUT2D eigenvalue weighted by atomic mass is 16.5.